The smallest absolute Gasteiger partial charge is 0.241 e. The minimum absolute atomic E-state index is 0.0227. The molecule has 0 fully saturated rings. The molecule has 1 unspecified atom stereocenters. The number of benzene rings is 1. The predicted molar refractivity (Wildman–Crippen MR) is 70.2 cm³/mol. The molecular weight excluding hydrogens is 244 g/mol. The molecule has 2 aliphatic rings. The summed E-state index contributed by atoms with van der Waals surface area (Å²) >= 11 is 0. The van der Waals surface area contributed by atoms with E-state index < -0.39 is 0 Å². The topological polar surface area (TPSA) is 59.6 Å². The lowest BCUT2D eigenvalue weighted by Gasteiger charge is -2.10. The highest BCUT2D eigenvalue weighted by Gasteiger charge is 2.17. The monoisotopic (exact) mass is 260 g/mol. The molecule has 100 valence electrons. The zero-order valence-corrected chi connectivity index (χ0v) is 10.5. The van der Waals surface area contributed by atoms with Gasteiger partial charge in [0, 0.05) is 13.1 Å². The Balaban J connectivity index is 1.49. The van der Waals surface area contributed by atoms with Crippen molar-refractivity contribution in [2.45, 2.75) is 12.5 Å². The Morgan fingerprint density at radius 3 is 3.11 bits per heavy atom. The molecule has 19 heavy (non-hydrogen) atoms. The van der Waals surface area contributed by atoms with E-state index in [1.165, 1.54) is 0 Å². The van der Waals surface area contributed by atoms with Crippen LogP contribution in [0.25, 0.3) is 0 Å². The third kappa shape index (κ3) is 2.71. The van der Waals surface area contributed by atoms with Crippen molar-refractivity contribution >= 4 is 5.91 Å². The average Bonchev–Trinajstić information content (AvgIpc) is 3.09. The lowest BCUT2D eigenvalue weighted by molar-refractivity contribution is -0.121. The van der Waals surface area contributed by atoms with E-state index in [0.717, 1.165) is 30.0 Å². The quantitative estimate of drug-likeness (QED) is 0.778. The van der Waals surface area contributed by atoms with Gasteiger partial charge in [0.1, 0.15) is 6.04 Å². The molecule has 1 aromatic carbocycles. The molecule has 1 amide bonds. The van der Waals surface area contributed by atoms with Gasteiger partial charge < -0.3 is 14.8 Å². The number of amides is 1. The summed E-state index contributed by atoms with van der Waals surface area (Å²) in [6.07, 6.45) is 4.62. The Hall–Kier alpha value is -2.01. The lowest BCUT2D eigenvalue weighted by Crippen LogP contribution is -2.41. The number of carbonyl (C=O) groups excluding carboxylic acids is 1. The third-order valence-corrected chi connectivity index (χ3v) is 3.22. The Morgan fingerprint density at radius 1 is 1.37 bits per heavy atom. The molecule has 1 aromatic rings. The van der Waals surface area contributed by atoms with Crippen molar-refractivity contribution < 1.29 is 14.3 Å². The number of nitrogens with one attached hydrogen (secondary N) is 2. The van der Waals surface area contributed by atoms with Gasteiger partial charge in [-0.25, -0.2) is 0 Å². The summed E-state index contributed by atoms with van der Waals surface area (Å²) in [5, 5.41) is 6.00. The Bertz CT molecular complexity index is 513. The first-order chi connectivity index (χ1) is 9.33. The Kier molecular flexibility index (Phi) is 3.37. The molecule has 0 spiro atoms. The highest BCUT2D eigenvalue weighted by Crippen LogP contribution is 2.32. The van der Waals surface area contributed by atoms with E-state index >= 15 is 0 Å². The van der Waals surface area contributed by atoms with Crippen LogP contribution in [0.3, 0.4) is 0 Å². The Labute approximate surface area is 111 Å². The molecule has 0 aliphatic carbocycles. The van der Waals surface area contributed by atoms with Gasteiger partial charge >= 0.3 is 0 Å². The van der Waals surface area contributed by atoms with Crippen LogP contribution in [0.1, 0.15) is 5.56 Å². The van der Waals surface area contributed by atoms with Gasteiger partial charge in [-0.3, -0.25) is 10.1 Å². The van der Waals surface area contributed by atoms with Crippen molar-refractivity contribution in [2.75, 3.05) is 19.9 Å². The fraction of sp³-hybridized carbons (Fsp3) is 0.357. The second kappa shape index (κ2) is 5.32. The maximum atomic E-state index is 11.8. The van der Waals surface area contributed by atoms with Gasteiger partial charge in [0.25, 0.3) is 0 Å². The standard InChI is InChI=1S/C14H16N2O3/c17-14(11-2-1-6-15-11)16-7-5-10-3-4-12-13(8-10)19-9-18-12/h1-4,8,11,15H,5-7,9H2,(H,16,17). The number of carbonyl (C=O) groups is 1. The van der Waals surface area contributed by atoms with Crippen molar-refractivity contribution in [3.05, 3.63) is 35.9 Å². The minimum atomic E-state index is -0.184. The van der Waals surface area contributed by atoms with Gasteiger partial charge in [-0.1, -0.05) is 18.2 Å². The van der Waals surface area contributed by atoms with Crippen molar-refractivity contribution in [1.82, 2.24) is 10.6 Å². The van der Waals surface area contributed by atoms with Crippen LogP contribution < -0.4 is 20.1 Å². The predicted octanol–water partition coefficient (Wildman–Crippen LogP) is 0.602. The Morgan fingerprint density at radius 2 is 2.26 bits per heavy atom. The van der Waals surface area contributed by atoms with Crippen LogP contribution in [0, 0.1) is 0 Å². The third-order valence-electron chi connectivity index (χ3n) is 3.22. The number of fused-ring (bicyclic) bond motifs is 1. The summed E-state index contributed by atoms with van der Waals surface area (Å²) in [5.41, 5.74) is 1.12. The van der Waals surface area contributed by atoms with Gasteiger partial charge in [-0.15, -0.1) is 0 Å². The highest BCUT2D eigenvalue weighted by molar-refractivity contribution is 5.84. The van der Waals surface area contributed by atoms with Crippen LogP contribution in [-0.4, -0.2) is 31.8 Å². The maximum Gasteiger partial charge on any atom is 0.241 e. The first-order valence-corrected chi connectivity index (χ1v) is 6.39. The molecule has 1 atom stereocenters. The molecule has 2 heterocycles. The van der Waals surface area contributed by atoms with E-state index in [1.54, 1.807) is 0 Å². The number of ether oxygens (including phenoxy) is 2. The zero-order valence-electron chi connectivity index (χ0n) is 10.5. The van der Waals surface area contributed by atoms with E-state index in [1.807, 2.05) is 30.4 Å². The van der Waals surface area contributed by atoms with Gasteiger partial charge in [0.2, 0.25) is 12.7 Å². The van der Waals surface area contributed by atoms with Crippen LogP contribution in [0.4, 0.5) is 0 Å². The number of hydrogen-bond donors (Lipinski definition) is 2. The summed E-state index contributed by atoms with van der Waals surface area (Å²) in [7, 11) is 0. The van der Waals surface area contributed by atoms with E-state index in [0.29, 0.717) is 6.54 Å². The van der Waals surface area contributed by atoms with E-state index in [4.69, 9.17) is 9.47 Å². The minimum Gasteiger partial charge on any atom is -0.454 e. The van der Waals surface area contributed by atoms with Gasteiger partial charge in [-0.2, -0.15) is 0 Å². The molecule has 0 aromatic heterocycles. The van der Waals surface area contributed by atoms with Crippen LogP contribution in [0.15, 0.2) is 30.4 Å². The molecule has 0 saturated heterocycles. The van der Waals surface area contributed by atoms with Gasteiger partial charge in [-0.05, 0) is 24.1 Å². The van der Waals surface area contributed by atoms with Crippen LogP contribution in [-0.2, 0) is 11.2 Å². The summed E-state index contributed by atoms with van der Waals surface area (Å²) in [6, 6.07) is 5.67. The molecule has 0 radical (unpaired) electrons. The van der Waals surface area contributed by atoms with Crippen molar-refractivity contribution in [3.63, 3.8) is 0 Å². The normalized spacial score (nSPS) is 19.7. The number of hydrogen-bond acceptors (Lipinski definition) is 4. The highest BCUT2D eigenvalue weighted by atomic mass is 16.7. The van der Waals surface area contributed by atoms with Crippen molar-refractivity contribution in [3.8, 4) is 11.5 Å². The molecule has 5 nitrogen and oxygen atoms in total. The van der Waals surface area contributed by atoms with Gasteiger partial charge in [0.05, 0.1) is 0 Å². The molecule has 2 aliphatic heterocycles. The van der Waals surface area contributed by atoms with Crippen molar-refractivity contribution in [2.24, 2.45) is 0 Å². The molecule has 5 heteroatoms. The fourth-order valence-corrected chi connectivity index (χ4v) is 2.18. The number of rotatable bonds is 4. The first-order valence-electron chi connectivity index (χ1n) is 6.39. The van der Waals surface area contributed by atoms with E-state index in [2.05, 4.69) is 10.6 Å². The SMILES string of the molecule is O=C(NCCc1ccc2c(c1)OCO2)C1C=CCN1. The van der Waals surface area contributed by atoms with Gasteiger partial charge in [0.15, 0.2) is 11.5 Å². The first kappa shape index (κ1) is 12.0. The molecule has 0 saturated carbocycles. The summed E-state index contributed by atoms with van der Waals surface area (Å²) in [5.74, 6) is 1.59. The van der Waals surface area contributed by atoms with Crippen molar-refractivity contribution in [1.29, 1.82) is 0 Å². The van der Waals surface area contributed by atoms with Crippen LogP contribution in [0.5, 0.6) is 11.5 Å². The van der Waals surface area contributed by atoms with E-state index in [-0.39, 0.29) is 18.7 Å². The van der Waals surface area contributed by atoms with E-state index in [9.17, 15) is 4.79 Å². The largest absolute Gasteiger partial charge is 0.454 e. The second-order valence-corrected chi connectivity index (χ2v) is 4.54. The fourth-order valence-electron chi connectivity index (χ4n) is 2.18. The summed E-state index contributed by atoms with van der Waals surface area (Å²) < 4.78 is 10.6. The van der Waals surface area contributed by atoms with Crippen LogP contribution >= 0.6 is 0 Å². The summed E-state index contributed by atoms with van der Waals surface area (Å²) in [6.45, 7) is 1.67. The molecular formula is C14H16N2O3. The lowest BCUT2D eigenvalue weighted by atomic mass is 10.1. The van der Waals surface area contributed by atoms with Crippen LogP contribution in [0.2, 0.25) is 0 Å². The molecule has 0 bridgehead atoms. The molecule has 2 N–H and O–H groups in total. The summed E-state index contributed by atoms with van der Waals surface area (Å²) in [4.78, 5) is 11.8. The molecule has 3 rings (SSSR count). The zero-order chi connectivity index (χ0) is 13.1. The average molecular weight is 260 g/mol. The second-order valence-electron chi connectivity index (χ2n) is 4.54. The maximum absolute atomic E-state index is 11.8.